The van der Waals surface area contributed by atoms with E-state index >= 15 is 0 Å². The van der Waals surface area contributed by atoms with Crippen LogP contribution in [0.25, 0.3) is 10.6 Å². The lowest BCUT2D eigenvalue weighted by molar-refractivity contribution is 0.0697. The smallest absolute Gasteiger partial charge is 0.0967 e. The van der Waals surface area contributed by atoms with Gasteiger partial charge in [-0.1, -0.05) is 127 Å². The zero-order valence-corrected chi connectivity index (χ0v) is 27.1. The summed E-state index contributed by atoms with van der Waals surface area (Å²) in [7, 11) is -1.26. The summed E-state index contributed by atoms with van der Waals surface area (Å²) < 4.78 is 0. The highest BCUT2D eigenvalue weighted by molar-refractivity contribution is 8.02. The molecule has 1 aliphatic heterocycles. The predicted molar refractivity (Wildman–Crippen MR) is 186 cm³/mol. The maximum absolute atomic E-state index is 4.76. The fourth-order valence-corrected chi connectivity index (χ4v) is 16.0. The first-order chi connectivity index (χ1) is 20.8. The SMILES string of the molecule is ClCCl.c1ccc(C2=C(c3ccccc3)P(c3ccccc3)C(=C3C4CC5CC(C4)CC3C5)P2c2ccccc2)cc1. The van der Waals surface area contributed by atoms with Crippen LogP contribution in [0.5, 0.6) is 0 Å². The second-order valence-electron chi connectivity index (χ2n) is 12.0. The van der Waals surface area contributed by atoms with E-state index in [9.17, 15) is 0 Å². The Labute approximate surface area is 263 Å². The Bertz CT molecular complexity index is 1440. The molecule has 0 radical (unpaired) electrons. The molecular formula is C38H36Cl2P2. The van der Waals surface area contributed by atoms with Crippen LogP contribution in [0.15, 0.2) is 132 Å². The molecule has 9 rings (SSSR count). The minimum absolute atomic E-state index is 0.194. The molecule has 4 bridgehead atoms. The van der Waals surface area contributed by atoms with Crippen LogP contribution in [0.3, 0.4) is 0 Å². The number of benzene rings is 4. The lowest BCUT2D eigenvalue weighted by atomic mass is 9.54. The van der Waals surface area contributed by atoms with Gasteiger partial charge in [0.25, 0.3) is 0 Å². The van der Waals surface area contributed by atoms with E-state index in [4.69, 9.17) is 23.2 Å². The van der Waals surface area contributed by atoms with Crippen molar-refractivity contribution in [2.45, 2.75) is 32.1 Å². The lowest BCUT2D eigenvalue weighted by Gasteiger charge is -2.52. The monoisotopic (exact) mass is 624 g/mol. The Morgan fingerprint density at radius 2 is 0.810 bits per heavy atom. The Morgan fingerprint density at radius 1 is 0.476 bits per heavy atom. The van der Waals surface area contributed by atoms with Gasteiger partial charge >= 0.3 is 0 Å². The maximum atomic E-state index is 4.76. The molecule has 4 heteroatoms. The molecule has 0 nitrogen and oxygen atoms in total. The van der Waals surface area contributed by atoms with Gasteiger partial charge in [-0.3, -0.25) is 0 Å². The molecule has 0 saturated heterocycles. The topological polar surface area (TPSA) is 0 Å². The molecule has 4 fully saturated rings. The number of rotatable bonds is 4. The van der Waals surface area contributed by atoms with E-state index < -0.39 is 15.8 Å². The molecule has 5 aliphatic rings. The van der Waals surface area contributed by atoms with Gasteiger partial charge in [-0.25, -0.2) is 0 Å². The Kier molecular flexibility index (Phi) is 8.71. The van der Waals surface area contributed by atoms with Crippen molar-refractivity contribution in [2.75, 3.05) is 5.34 Å². The van der Waals surface area contributed by atoms with E-state index in [0.29, 0.717) is 0 Å². The first-order valence-electron chi connectivity index (χ1n) is 15.2. The third-order valence-electron chi connectivity index (χ3n) is 9.49. The molecule has 4 aromatic carbocycles. The van der Waals surface area contributed by atoms with Crippen molar-refractivity contribution in [1.29, 1.82) is 0 Å². The predicted octanol–water partition coefficient (Wildman–Crippen LogP) is 11.2. The van der Waals surface area contributed by atoms with Gasteiger partial charge < -0.3 is 0 Å². The van der Waals surface area contributed by atoms with Crippen molar-refractivity contribution >= 4 is 60.3 Å². The molecule has 0 aromatic heterocycles. The van der Waals surface area contributed by atoms with Crippen molar-refractivity contribution in [3.63, 3.8) is 0 Å². The Hall–Kier alpha value is -2.20. The number of alkyl halides is 2. The normalized spacial score (nSPS) is 27.7. The Balaban J connectivity index is 0.000000923. The molecule has 4 aliphatic carbocycles. The van der Waals surface area contributed by atoms with Crippen LogP contribution >= 0.6 is 39.0 Å². The summed E-state index contributed by atoms with van der Waals surface area (Å²) >= 11 is 9.53. The highest BCUT2D eigenvalue weighted by atomic mass is 35.5. The van der Waals surface area contributed by atoms with Gasteiger partial charge in [-0.15, -0.1) is 23.2 Å². The Morgan fingerprint density at radius 3 is 1.17 bits per heavy atom. The van der Waals surface area contributed by atoms with Gasteiger partial charge in [0.2, 0.25) is 0 Å². The van der Waals surface area contributed by atoms with Crippen molar-refractivity contribution in [2.24, 2.45) is 23.7 Å². The number of hydrogen-bond donors (Lipinski definition) is 0. The van der Waals surface area contributed by atoms with E-state index in [1.807, 2.05) is 10.6 Å². The molecule has 2 unspecified atom stereocenters. The minimum atomic E-state index is -0.629. The number of allylic oxidation sites excluding steroid dienone is 1. The summed E-state index contributed by atoms with van der Waals surface area (Å²) in [4.78, 5) is 0. The molecule has 0 amide bonds. The molecule has 212 valence electrons. The largest absolute Gasteiger partial charge is 0.109 e. The van der Waals surface area contributed by atoms with Gasteiger partial charge in [-0.05, 0) is 98.4 Å². The molecule has 1 heterocycles. The fraction of sp³-hybridized carbons (Fsp3) is 0.263. The zero-order chi connectivity index (χ0) is 28.5. The van der Waals surface area contributed by atoms with Gasteiger partial charge in [0.05, 0.1) is 5.34 Å². The molecule has 42 heavy (non-hydrogen) atoms. The summed E-state index contributed by atoms with van der Waals surface area (Å²) in [6.07, 6.45) is 7.23. The van der Waals surface area contributed by atoms with Crippen LogP contribution in [-0.4, -0.2) is 5.34 Å². The van der Waals surface area contributed by atoms with Gasteiger partial charge in [0, 0.05) is 10.6 Å². The first-order valence-corrected chi connectivity index (χ1v) is 18.9. The number of halogens is 2. The van der Waals surface area contributed by atoms with E-state index in [2.05, 4.69) is 121 Å². The van der Waals surface area contributed by atoms with Crippen molar-refractivity contribution in [3.8, 4) is 0 Å². The highest BCUT2D eigenvalue weighted by Gasteiger charge is 2.50. The zero-order valence-electron chi connectivity index (χ0n) is 23.7. The van der Waals surface area contributed by atoms with E-state index in [1.165, 1.54) is 53.8 Å². The molecule has 4 aromatic rings. The summed E-state index contributed by atoms with van der Waals surface area (Å²) in [5, 5.41) is 8.31. The summed E-state index contributed by atoms with van der Waals surface area (Å²) in [6, 6.07) is 46.0. The second kappa shape index (κ2) is 12.8. The van der Waals surface area contributed by atoms with Crippen LogP contribution in [0.1, 0.15) is 43.2 Å². The van der Waals surface area contributed by atoms with E-state index in [-0.39, 0.29) is 5.34 Å². The van der Waals surface area contributed by atoms with Gasteiger partial charge in [0.15, 0.2) is 0 Å². The van der Waals surface area contributed by atoms with E-state index in [1.54, 1.807) is 10.6 Å². The van der Waals surface area contributed by atoms with Crippen molar-refractivity contribution in [3.05, 3.63) is 143 Å². The summed E-state index contributed by atoms with van der Waals surface area (Å²) in [6.45, 7) is 0. The second-order valence-corrected chi connectivity index (χ2v) is 17.3. The van der Waals surface area contributed by atoms with Crippen LogP contribution in [0, 0.1) is 23.7 Å². The summed E-state index contributed by atoms with van der Waals surface area (Å²) in [5.41, 5.74) is 4.73. The average Bonchev–Trinajstić information content (AvgIpc) is 3.38. The maximum Gasteiger partial charge on any atom is 0.0967 e. The lowest BCUT2D eigenvalue weighted by Crippen LogP contribution is -2.40. The van der Waals surface area contributed by atoms with Crippen LogP contribution in [-0.2, 0) is 0 Å². The minimum Gasteiger partial charge on any atom is -0.109 e. The molecule has 0 spiro atoms. The molecule has 4 saturated carbocycles. The van der Waals surface area contributed by atoms with Crippen molar-refractivity contribution < 1.29 is 0 Å². The quantitative estimate of drug-likeness (QED) is 0.156. The van der Waals surface area contributed by atoms with Gasteiger partial charge in [-0.2, -0.15) is 0 Å². The van der Waals surface area contributed by atoms with E-state index in [0.717, 1.165) is 23.7 Å². The molecule has 0 N–H and O–H groups in total. The molecular weight excluding hydrogens is 589 g/mol. The average molecular weight is 626 g/mol. The first kappa shape index (κ1) is 28.6. The van der Waals surface area contributed by atoms with Crippen LogP contribution < -0.4 is 10.6 Å². The van der Waals surface area contributed by atoms with Gasteiger partial charge in [0.1, 0.15) is 0 Å². The molecule has 2 atom stereocenters. The highest BCUT2D eigenvalue weighted by Crippen LogP contribution is 2.83. The summed E-state index contributed by atoms with van der Waals surface area (Å²) in [5.74, 6) is 3.54. The van der Waals surface area contributed by atoms with Crippen LogP contribution in [0.4, 0.5) is 0 Å². The third-order valence-corrected chi connectivity index (χ3v) is 15.7. The van der Waals surface area contributed by atoms with Crippen LogP contribution in [0.2, 0.25) is 0 Å². The fourth-order valence-electron chi connectivity index (χ4n) is 8.22. The standard InChI is InChI=1S/C37H34P2.CH2Cl2/c1-5-13-28(14-6-1)35-36(29-15-7-2-8-16-29)39(33-19-11-4-12-20-33)37(38(35)32-17-9-3-10-18-32)34-30-22-26-21-27(24-30)25-31(34)23-26;2-1-3/h1-20,26-27,30-31H,21-25H2;1H2. The van der Waals surface area contributed by atoms with Crippen molar-refractivity contribution in [1.82, 2.24) is 0 Å². The number of hydrogen-bond acceptors (Lipinski definition) is 0. The third kappa shape index (κ3) is 5.35.